The number of aromatic nitrogens is 1. The largest absolute Gasteiger partial charge is 0.387 e. The van der Waals surface area contributed by atoms with Crippen LogP contribution in [-0.4, -0.2) is 11.5 Å². The first-order valence-electron chi connectivity index (χ1n) is 9.55. The Labute approximate surface area is 163 Å². The summed E-state index contributed by atoms with van der Waals surface area (Å²) >= 11 is 0. The van der Waals surface area contributed by atoms with Gasteiger partial charge in [0, 0.05) is 36.0 Å². The van der Waals surface area contributed by atoms with E-state index in [4.69, 9.17) is 0 Å². The molecule has 1 aromatic rings. The number of rotatable bonds is 7. The number of hydrogen-bond donors (Lipinski definition) is 1. The van der Waals surface area contributed by atoms with Gasteiger partial charge in [-0.1, -0.05) is 42.5 Å². The number of nitrogens with one attached hydrogen (secondary N) is 1. The number of allylic oxidation sites excluding steroid dienone is 11. The summed E-state index contributed by atoms with van der Waals surface area (Å²) in [5.41, 5.74) is 5.99. The van der Waals surface area contributed by atoms with Gasteiger partial charge in [-0.05, 0) is 67.3 Å². The van der Waals surface area contributed by atoms with Crippen molar-refractivity contribution in [1.82, 2.24) is 10.3 Å². The molecule has 27 heavy (non-hydrogen) atoms. The summed E-state index contributed by atoms with van der Waals surface area (Å²) in [7, 11) is 0. The van der Waals surface area contributed by atoms with Crippen molar-refractivity contribution in [3.05, 3.63) is 108 Å². The minimum atomic E-state index is 0.218. The van der Waals surface area contributed by atoms with Crippen molar-refractivity contribution in [2.75, 3.05) is 6.54 Å². The second kappa shape index (κ2) is 9.59. The Balaban J connectivity index is 2.26. The Hall–Kier alpha value is -3.05. The van der Waals surface area contributed by atoms with E-state index in [1.807, 2.05) is 12.3 Å². The van der Waals surface area contributed by atoms with E-state index in [-0.39, 0.29) is 5.92 Å². The van der Waals surface area contributed by atoms with E-state index < -0.39 is 0 Å². The van der Waals surface area contributed by atoms with Crippen LogP contribution in [0.2, 0.25) is 0 Å². The molecule has 0 saturated carbocycles. The van der Waals surface area contributed by atoms with E-state index >= 15 is 0 Å². The SMILES string of the molecule is C=CC(C/C=C\C)/C(C1=CCCC=C1)=C(\C1=CCNC=C1)c1c#cncc1. The van der Waals surface area contributed by atoms with Crippen molar-refractivity contribution in [3.8, 4) is 0 Å². The Morgan fingerprint density at radius 2 is 2.22 bits per heavy atom. The van der Waals surface area contributed by atoms with Gasteiger partial charge >= 0.3 is 0 Å². The Morgan fingerprint density at radius 3 is 2.85 bits per heavy atom. The first kappa shape index (κ1) is 18.7. The van der Waals surface area contributed by atoms with Crippen LogP contribution in [0.15, 0.2) is 90.4 Å². The molecule has 0 radical (unpaired) electrons. The van der Waals surface area contributed by atoms with Crippen molar-refractivity contribution in [1.29, 1.82) is 0 Å². The molecule has 136 valence electrons. The van der Waals surface area contributed by atoms with Crippen molar-refractivity contribution in [2.24, 2.45) is 5.92 Å². The summed E-state index contributed by atoms with van der Waals surface area (Å²) in [5, 5.41) is 3.25. The van der Waals surface area contributed by atoms with Crippen molar-refractivity contribution < 1.29 is 0 Å². The van der Waals surface area contributed by atoms with Crippen LogP contribution >= 0.6 is 0 Å². The van der Waals surface area contributed by atoms with Crippen LogP contribution < -0.4 is 5.32 Å². The maximum atomic E-state index is 4.15. The van der Waals surface area contributed by atoms with Crippen LogP contribution in [0.3, 0.4) is 0 Å². The number of nitrogens with zero attached hydrogens (tertiary/aromatic N) is 1. The predicted molar refractivity (Wildman–Crippen MR) is 114 cm³/mol. The monoisotopic (exact) mass is 354 g/mol. The Morgan fingerprint density at radius 1 is 1.30 bits per heavy atom. The van der Waals surface area contributed by atoms with Crippen LogP contribution in [0, 0.1) is 18.2 Å². The van der Waals surface area contributed by atoms with Crippen molar-refractivity contribution >= 4 is 5.57 Å². The molecule has 3 rings (SSSR count). The molecule has 0 bridgehead atoms. The van der Waals surface area contributed by atoms with Gasteiger partial charge in [-0.15, -0.1) is 6.58 Å². The van der Waals surface area contributed by atoms with E-state index in [2.05, 4.69) is 84.7 Å². The highest BCUT2D eigenvalue weighted by atomic mass is 14.8. The molecule has 2 heteroatoms. The summed E-state index contributed by atoms with van der Waals surface area (Å²) in [4.78, 5) is 4.05. The van der Waals surface area contributed by atoms with Crippen molar-refractivity contribution in [3.63, 3.8) is 0 Å². The first-order valence-corrected chi connectivity index (χ1v) is 9.55. The summed E-state index contributed by atoms with van der Waals surface area (Å²) in [6.45, 7) is 7.03. The first-order chi connectivity index (χ1) is 13.3. The smallest absolute Gasteiger partial charge is 0.0391 e. The fourth-order valence-corrected chi connectivity index (χ4v) is 3.50. The maximum Gasteiger partial charge on any atom is 0.0391 e. The van der Waals surface area contributed by atoms with Crippen LogP contribution in [0.4, 0.5) is 0 Å². The molecule has 1 aliphatic heterocycles. The van der Waals surface area contributed by atoms with Crippen LogP contribution in [-0.2, 0) is 0 Å². The third kappa shape index (κ3) is 4.57. The van der Waals surface area contributed by atoms with Crippen LogP contribution in [0.25, 0.3) is 5.57 Å². The maximum absolute atomic E-state index is 4.15. The van der Waals surface area contributed by atoms with Gasteiger partial charge in [0.05, 0.1) is 0 Å². The number of dihydropyridines is 1. The molecular formula is C25H26N2. The quantitative estimate of drug-likeness (QED) is 0.652. The lowest BCUT2D eigenvalue weighted by atomic mass is 9.79. The topological polar surface area (TPSA) is 24.9 Å². The standard InChI is InChI=1S/C25H26N2/c1-3-5-9-20(4-2)24(21-10-7-6-8-11-21)25(22-12-16-26-17-13-22)23-14-18-27-19-15-23/h3-5,7,10-14,16,18,20,26H,2,6,8-9,17H2,1H3/b5-3-,25-24-. The van der Waals surface area contributed by atoms with Gasteiger partial charge in [-0.2, -0.15) is 0 Å². The molecule has 0 fully saturated rings. The lowest BCUT2D eigenvalue weighted by Crippen LogP contribution is -2.12. The summed E-state index contributed by atoms with van der Waals surface area (Å²) in [5.74, 6) is 0.218. The van der Waals surface area contributed by atoms with Gasteiger partial charge < -0.3 is 5.32 Å². The van der Waals surface area contributed by atoms with Crippen molar-refractivity contribution in [2.45, 2.75) is 26.2 Å². The van der Waals surface area contributed by atoms with Crippen LogP contribution in [0.1, 0.15) is 31.7 Å². The molecule has 1 atom stereocenters. The van der Waals surface area contributed by atoms with E-state index in [1.165, 1.54) is 22.3 Å². The highest BCUT2D eigenvalue weighted by Crippen LogP contribution is 2.38. The molecule has 1 unspecified atom stereocenters. The summed E-state index contributed by atoms with van der Waals surface area (Å²) in [6.07, 6.45) is 27.4. The van der Waals surface area contributed by atoms with Gasteiger partial charge in [-0.25, -0.2) is 4.98 Å². The molecule has 1 N–H and O–H groups in total. The third-order valence-electron chi connectivity index (χ3n) is 4.81. The normalized spacial score (nSPS) is 18.1. The molecule has 0 spiro atoms. The van der Waals surface area contributed by atoms with E-state index in [0.717, 1.165) is 31.4 Å². The lowest BCUT2D eigenvalue weighted by Gasteiger charge is -2.25. The molecule has 0 aromatic carbocycles. The average molecular weight is 354 g/mol. The Bertz CT molecular complexity index is 832. The van der Waals surface area contributed by atoms with E-state index in [1.54, 1.807) is 6.20 Å². The number of hydrogen-bond acceptors (Lipinski definition) is 2. The molecule has 1 aliphatic carbocycles. The highest BCUT2D eigenvalue weighted by molar-refractivity contribution is 5.87. The second-order valence-electron chi connectivity index (χ2n) is 6.57. The van der Waals surface area contributed by atoms with Gasteiger partial charge in [0.25, 0.3) is 0 Å². The zero-order valence-corrected chi connectivity index (χ0v) is 15.9. The molecule has 0 amide bonds. The van der Waals surface area contributed by atoms with Gasteiger partial charge in [0.1, 0.15) is 0 Å². The third-order valence-corrected chi connectivity index (χ3v) is 4.81. The van der Waals surface area contributed by atoms with Gasteiger partial charge in [0.15, 0.2) is 0 Å². The van der Waals surface area contributed by atoms with E-state index in [0.29, 0.717) is 0 Å². The molecule has 1 aromatic heterocycles. The fraction of sp³-hybridized carbons (Fsp3) is 0.240. The average Bonchev–Trinajstić information content (AvgIpc) is 2.75. The molecule has 2 heterocycles. The van der Waals surface area contributed by atoms with Crippen LogP contribution in [0.5, 0.6) is 0 Å². The van der Waals surface area contributed by atoms with Gasteiger partial charge in [-0.3, -0.25) is 0 Å². The predicted octanol–water partition coefficient (Wildman–Crippen LogP) is 5.52. The molecule has 0 saturated heterocycles. The lowest BCUT2D eigenvalue weighted by molar-refractivity contribution is 0.786. The molecular weight excluding hydrogens is 328 g/mol. The second-order valence-corrected chi connectivity index (χ2v) is 6.57. The van der Waals surface area contributed by atoms with Gasteiger partial charge in [0.2, 0.25) is 0 Å². The Kier molecular flexibility index (Phi) is 6.66. The zero-order chi connectivity index (χ0) is 18.9. The van der Waals surface area contributed by atoms with E-state index in [9.17, 15) is 0 Å². The minimum Gasteiger partial charge on any atom is -0.387 e. The molecule has 2 aliphatic rings. The fourth-order valence-electron chi connectivity index (χ4n) is 3.50. The minimum absolute atomic E-state index is 0.218. The summed E-state index contributed by atoms with van der Waals surface area (Å²) < 4.78 is 0. The molecule has 2 nitrogen and oxygen atoms in total. The zero-order valence-electron chi connectivity index (χ0n) is 15.9. The summed E-state index contributed by atoms with van der Waals surface area (Å²) in [6, 6.07) is 5.25. The highest BCUT2D eigenvalue weighted by Gasteiger charge is 2.22.